The Hall–Kier alpha value is -1.36. The van der Waals surface area contributed by atoms with Crippen LogP contribution in [0.1, 0.15) is 32.3 Å². The lowest BCUT2D eigenvalue weighted by atomic mass is 10.0. The third kappa shape index (κ3) is 2.02. The van der Waals surface area contributed by atoms with E-state index in [0.717, 1.165) is 5.56 Å². The molecule has 1 rings (SSSR count). The van der Waals surface area contributed by atoms with Gasteiger partial charge in [-0.1, -0.05) is 13.8 Å². The van der Waals surface area contributed by atoms with E-state index in [1.165, 1.54) is 11.6 Å². The van der Waals surface area contributed by atoms with Crippen LogP contribution in [0.5, 0.6) is 0 Å². The smallest absolute Gasteiger partial charge is 0.333 e. The van der Waals surface area contributed by atoms with Gasteiger partial charge in [0.05, 0.1) is 12.8 Å². The zero-order chi connectivity index (χ0) is 11.6. The maximum atomic E-state index is 11.0. The number of rotatable bonds is 4. The van der Waals surface area contributed by atoms with Crippen molar-refractivity contribution in [2.24, 2.45) is 0 Å². The summed E-state index contributed by atoms with van der Waals surface area (Å²) in [5.41, 5.74) is -0.427. The van der Waals surface area contributed by atoms with Gasteiger partial charge >= 0.3 is 5.97 Å². The molecule has 0 saturated heterocycles. The molecule has 1 atom stereocenters. The zero-order valence-corrected chi connectivity index (χ0v) is 9.14. The van der Waals surface area contributed by atoms with Gasteiger partial charge in [0.2, 0.25) is 0 Å². The van der Waals surface area contributed by atoms with Crippen molar-refractivity contribution in [1.29, 1.82) is 0 Å². The predicted octanol–water partition coefficient (Wildman–Crippen LogP) is 0.799. The van der Waals surface area contributed by atoms with Gasteiger partial charge in [-0.3, -0.25) is 4.68 Å². The van der Waals surface area contributed by atoms with Crippen LogP contribution in [0.4, 0.5) is 0 Å². The molecule has 0 aliphatic rings. The van der Waals surface area contributed by atoms with E-state index in [1.54, 1.807) is 12.4 Å². The van der Waals surface area contributed by atoms with Crippen molar-refractivity contribution in [3.63, 3.8) is 0 Å². The summed E-state index contributed by atoms with van der Waals surface area (Å²) in [6.07, 6.45) is 3.29. The SMILES string of the molecule is CC(C)c1cnn(C(C)(CO)C(=O)O)c1. The quantitative estimate of drug-likeness (QED) is 0.774. The number of carboxylic acid groups (broad SMARTS) is 1. The predicted molar refractivity (Wildman–Crippen MR) is 54.7 cm³/mol. The molecular formula is C10H16N2O3. The summed E-state index contributed by atoms with van der Waals surface area (Å²) in [6.45, 7) is 4.95. The van der Waals surface area contributed by atoms with E-state index in [1.807, 2.05) is 13.8 Å². The monoisotopic (exact) mass is 212 g/mol. The molecule has 0 aliphatic heterocycles. The van der Waals surface area contributed by atoms with Crippen LogP contribution in [0.25, 0.3) is 0 Å². The van der Waals surface area contributed by atoms with Crippen LogP contribution in [-0.2, 0) is 10.3 Å². The maximum Gasteiger partial charge on any atom is 0.333 e. The molecule has 15 heavy (non-hydrogen) atoms. The number of carboxylic acids is 1. The first-order valence-corrected chi connectivity index (χ1v) is 4.81. The van der Waals surface area contributed by atoms with E-state index < -0.39 is 18.1 Å². The number of hydrogen-bond acceptors (Lipinski definition) is 3. The summed E-state index contributed by atoms with van der Waals surface area (Å²) in [4.78, 5) is 11.0. The van der Waals surface area contributed by atoms with Gasteiger partial charge in [-0.2, -0.15) is 5.10 Å². The average molecular weight is 212 g/mol. The number of nitrogens with zero attached hydrogens (tertiary/aromatic N) is 2. The third-order valence-electron chi connectivity index (χ3n) is 2.54. The summed E-state index contributed by atoms with van der Waals surface area (Å²) in [5, 5.41) is 22.1. The molecule has 0 bridgehead atoms. The summed E-state index contributed by atoms with van der Waals surface area (Å²) in [5.74, 6) is -0.807. The Morgan fingerprint density at radius 1 is 1.67 bits per heavy atom. The molecule has 0 radical (unpaired) electrons. The molecule has 1 heterocycles. The summed E-state index contributed by atoms with van der Waals surface area (Å²) in [7, 11) is 0. The van der Waals surface area contributed by atoms with Crippen molar-refractivity contribution in [2.75, 3.05) is 6.61 Å². The lowest BCUT2D eigenvalue weighted by Crippen LogP contribution is -2.42. The molecule has 1 aromatic heterocycles. The normalized spacial score (nSPS) is 15.3. The van der Waals surface area contributed by atoms with Crippen LogP contribution >= 0.6 is 0 Å². The van der Waals surface area contributed by atoms with Gasteiger partial charge in [0.1, 0.15) is 0 Å². The second-order valence-corrected chi connectivity index (χ2v) is 4.11. The zero-order valence-electron chi connectivity index (χ0n) is 9.14. The highest BCUT2D eigenvalue weighted by Crippen LogP contribution is 2.19. The van der Waals surface area contributed by atoms with Crippen LogP contribution in [0, 0.1) is 0 Å². The average Bonchev–Trinajstić information content (AvgIpc) is 2.65. The number of carbonyl (C=O) groups is 1. The van der Waals surface area contributed by atoms with Crippen molar-refractivity contribution < 1.29 is 15.0 Å². The molecule has 1 unspecified atom stereocenters. The maximum absolute atomic E-state index is 11.0. The van der Waals surface area contributed by atoms with Crippen LogP contribution in [-0.4, -0.2) is 32.6 Å². The van der Waals surface area contributed by atoms with Crippen molar-refractivity contribution in [3.05, 3.63) is 18.0 Å². The largest absolute Gasteiger partial charge is 0.479 e. The number of aliphatic hydroxyl groups excluding tert-OH is 1. The van der Waals surface area contributed by atoms with Crippen LogP contribution in [0.2, 0.25) is 0 Å². The topological polar surface area (TPSA) is 75.3 Å². The molecule has 5 nitrogen and oxygen atoms in total. The van der Waals surface area contributed by atoms with Crippen molar-refractivity contribution in [1.82, 2.24) is 9.78 Å². The third-order valence-corrected chi connectivity index (χ3v) is 2.54. The molecule has 0 aliphatic carbocycles. The minimum Gasteiger partial charge on any atom is -0.479 e. The Bertz CT molecular complexity index is 359. The van der Waals surface area contributed by atoms with Crippen molar-refractivity contribution >= 4 is 5.97 Å². The van der Waals surface area contributed by atoms with Gasteiger partial charge in [-0.15, -0.1) is 0 Å². The van der Waals surface area contributed by atoms with Crippen LogP contribution in [0.15, 0.2) is 12.4 Å². The second-order valence-electron chi connectivity index (χ2n) is 4.11. The fourth-order valence-corrected chi connectivity index (χ4v) is 1.14. The van der Waals surface area contributed by atoms with Gasteiger partial charge in [0.15, 0.2) is 5.54 Å². The number of aliphatic carboxylic acids is 1. The van der Waals surface area contributed by atoms with E-state index in [0.29, 0.717) is 0 Å². The highest BCUT2D eigenvalue weighted by Gasteiger charge is 2.35. The lowest BCUT2D eigenvalue weighted by Gasteiger charge is -2.22. The van der Waals surface area contributed by atoms with E-state index in [2.05, 4.69) is 5.10 Å². The van der Waals surface area contributed by atoms with Crippen LogP contribution < -0.4 is 0 Å². The molecule has 5 heteroatoms. The molecule has 0 amide bonds. The number of aliphatic hydroxyl groups is 1. The first-order valence-electron chi connectivity index (χ1n) is 4.81. The van der Waals surface area contributed by atoms with Gasteiger partial charge in [-0.25, -0.2) is 4.79 Å². The summed E-state index contributed by atoms with van der Waals surface area (Å²) in [6, 6.07) is 0. The van der Waals surface area contributed by atoms with E-state index >= 15 is 0 Å². The first-order chi connectivity index (χ1) is 6.91. The Labute approximate surface area is 88.3 Å². The number of aromatic nitrogens is 2. The highest BCUT2D eigenvalue weighted by atomic mass is 16.4. The van der Waals surface area contributed by atoms with Crippen molar-refractivity contribution in [2.45, 2.75) is 32.2 Å². The van der Waals surface area contributed by atoms with Crippen LogP contribution in [0.3, 0.4) is 0 Å². The van der Waals surface area contributed by atoms with E-state index in [-0.39, 0.29) is 5.92 Å². The molecule has 0 fully saturated rings. The standard InChI is InChI=1S/C10H16N2O3/c1-7(2)8-4-11-12(5-8)10(3,6-13)9(14)15/h4-5,7,13H,6H2,1-3H3,(H,14,15). The summed E-state index contributed by atoms with van der Waals surface area (Å²) < 4.78 is 1.30. The van der Waals surface area contributed by atoms with E-state index in [4.69, 9.17) is 10.2 Å². The molecule has 84 valence electrons. The summed E-state index contributed by atoms with van der Waals surface area (Å²) >= 11 is 0. The lowest BCUT2D eigenvalue weighted by molar-refractivity contribution is -0.149. The van der Waals surface area contributed by atoms with Gasteiger partial charge < -0.3 is 10.2 Å². The molecule has 1 aromatic rings. The van der Waals surface area contributed by atoms with Gasteiger partial charge in [0.25, 0.3) is 0 Å². The molecule has 0 aromatic carbocycles. The molecular weight excluding hydrogens is 196 g/mol. The minimum absolute atomic E-state index is 0.287. The van der Waals surface area contributed by atoms with Crippen molar-refractivity contribution in [3.8, 4) is 0 Å². The van der Waals surface area contributed by atoms with Gasteiger partial charge in [-0.05, 0) is 18.4 Å². The highest BCUT2D eigenvalue weighted by molar-refractivity contribution is 5.76. The molecule has 0 spiro atoms. The number of hydrogen-bond donors (Lipinski definition) is 2. The molecule has 2 N–H and O–H groups in total. The Balaban J connectivity index is 3.08. The Kier molecular flexibility index (Phi) is 3.14. The Morgan fingerprint density at radius 2 is 2.27 bits per heavy atom. The van der Waals surface area contributed by atoms with E-state index in [9.17, 15) is 4.79 Å². The minimum atomic E-state index is -1.38. The fourth-order valence-electron chi connectivity index (χ4n) is 1.14. The fraction of sp³-hybridized carbons (Fsp3) is 0.600. The van der Waals surface area contributed by atoms with Gasteiger partial charge in [0, 0.05) is 6.20 Å². The Morgan fingerprint density at radius 3 is 2.60 bits per heavy atom. The second kappa shape index (κ2) is 4.02. The molecule has 0 saturated carbocycles. The first kappa shape index (κ1) is 11.7.